The summed E-state index contributed by atoms with van der Waals surface area (Å²) in [5, 5.41) is 2.56. The Labute approximate surface area is 54.9 Å². The van der Waals surface area contributed by atoms with E-state index in [1.165, 1.54) is 12.8 Å². The van der Waals surface area contributed by atoms with Crippen molar-refractivity contribution in [3.8, 4) is 0 Å². The molecule has 2 nitrogen and oxygen atoms in total. The highest BCUT2D eigenvalue weighted by Crippen LogP contribution is 2.29. The second-order valence-electron chi connectivity index (χ2n) is 2.29. The molecule has 0 aromatic carbocycles. The van der Waals surface area contributed by atoms with Gasteiger partial charge in [0.2, 0.25) is 6.41 Å². The predicted molar refractivity (Wildman–Crippen MR) is 35.9 cm³/mol. The Morgan fingerprint density at radius 3 is 2.89 bits per heavy atom. The number of carbonyl (C=O) groups is 1. The number of rotatable bonds is 4. The van der Waals surface area contributed by atoms with E-state index in [9.17, 15) is 4.79 Å². The van der Waals surface area contributed by atoms with Gasteiger partial charge in [-0.05, 0) is 18.8 Å². The highest BCUT2D eigenvalue weighted by molar-refractivity contribution is 5.46. The van der Waals surface area contributed by atoms with Crippen molar-refractivity contribution in [1.29, 1.82) is 0 Å². The third kappa shape index (κ3) is 2.90. The van der Waals surface area contributed by atoms with Gasteiger partial charge < -0.3 is 5.32 Å². The summed E-state index contributed by atoms with van der Waals surface area (Å²) in [5.41, 5.74) is 0. The van der Waals surface area contributed by atoms with Crippen LogP contribution in [-0.2, 0) is 4.79 Å². The Morgan fingerprint density at radius 2 is 2.33 bits per heavy atom. The molecule has 0 saturated heterocycles. The first-order valence-electron chi connectivity index (χ1n) is 3.27. The zero-order valence-electron chi connectivity index (χ0n) is 5.34. The molecule has 1 N–H and O–H groups in total. The van der Waals surface area contributed by atoms with Gasteiger partial charge in [-0.15, -0.1) is 0 Å². The van der Waals surface area contributed by atoms with E-state index in [0.29, 0.717) is 6.54 Å². The summed E-state index contributed by atoms with van der Waals surface area (Å²) >= 11 is 0. The molecule has 0 atom stereocenters. The Hall–Kier alpha value is -0.790. The van der Waals surface area contributed by atoms with Gasteiger partial charge in [0.05, 0.1) is 0 Å². The van der Waals surface area contributed by atoms with Crippen molar-refractivity contribution >= 4 is 6.41 Å². The van der Waals surface area contributed by atoms with Gasteiger partial charge in [-0.3, -0.25) is 4.79 Å². The van der Waals surface area contributed by atoms with E-state index in [4.69, 9.17) is 0 Å². The maximum atomic E-state index is 9.72. The van der Waals surface area contributed by atoms with E-state index in [1.54, 1.807) is 0 Å². The zero-order chi connectivity index (χ0) is 6.53. The van der Waals surface area contributed by atoms with Crippen molar-refractivity contribution in [3.05, 3.63) is 12.2 Å². The van der Waals surface area contributed by atoms with Crippen LogP contribution in [0.3, 0.4) is 0 Å². The van der Waals surface area contributed by atoms with Crippen LogP contribution in [-0.4, -0.2) is 13.0 Å². The third-order valence-electron chi connectivity index (χ3n) is 1.35. The first-order valence-corrected chi connectivity index (χ1v) is 3.27. The molecule has 0 heterocycles. The van der Waals surface area contributed by atoms with Crippen molar-refractivity contribution in [2.75, 3.05) is 6.54 Å². The molecule has 0 radical (unpaired) electrons. The summed E-state index contributed by atoms with van der Waals surface area (Å²) in [6, 6.07) is 0. The largest absolute Gasteiger partial charge is 0.355 e. The topological polar surface area (TPSA) is 29.1 Å². The van der Waals surface area contributed by atoms with Crippen molar-refractivity contribution < 1.29 is 4.79 Å². The number of nitrogens with one attached hydrogen (secondary N) is 1. The number of amides is 1. The molecule has 0 spiro atoms. The maximum Gasteiger partial charge on any atom is 0.207 e. The van der Waals surface area contributed by atoms with E-state index in [-0.39, 0.29) is 0 Å². The number of hydrogen-bond donors (Lipinski definition) is 1. The summed E-state index contributed by atoms with van der Waals surface area (Å²) in [5.74, 6) is 0.818. The predicted octanol–water partition coefficient (Wildman–Crippen LogP) is 0.699. The van der Waals surface area contributed by atoms with Crippen LogP contribution in [0.2, 0.25) is 0 Å². The van der Waals surface area contributed by atoms with Crippen LogP contribution in [0.1, 0.15) is 12.8 Å². The smallest absolute Gasteiger partial charge is 0.207 e. The van der Waals surface area contributed by atoms with Crippen molar-refractivity contribution in [3.63, 3.8) is 0 Å². The molecular weight excluding hydrogens is 114 g/mol. The normalized spacial score (nSPS) is 18.2. The monoisotopic (exact) mass is 125 g/mol. The molecule has 1 rings (SSSR count). The average Bonchev–Trinajstić information content (AvgIpc) is 2.63. The third-order valence-corrected chi connectivity index (χ3v) is 1.35. The molecular formula is C7H11NO. The summed E-state index contributed by atoms with van der Waals surface area (Å²) in [4.78, 5) is 9.72. The molecule has 1 aliphatic rings. The van der Waals surface area contributed by atoms with Gasteiger partial charge in [0.25, 0.3) is 0 Å². The minimum atomic E-state index is 0.681. The van der Waals surface area contributed by atoms with Gasteiger partial charge in [0, 0.05) is 6.54 Å². The standard InChI is InChI=1S/C7H11NO/c9-6-8-5-1-2-7-3-4-7/h1-2,6-7H,3-5H2,(H,8,9)/b2-1+. The lowest BCUT2D eigenvalue weighted by molar-refractivity contribution is -0.109. The molecule has 0 aromatic heterocycles. The highest BCUT2D eigenvalue weighted by atomic mass is 16.1. The average molecular weight is 125 g/mol. The molecule has 1 aliphatic carbocycles. The first kappa shape index (κ1) is 6.33. The lowest BCUT2D eigenvalue weighted by Gasteiger charge is -1.86. The van der Waals surface area contributed by atoms with E-state index < -0.39 is 0 Å². The zero-order valence-corrected chi connectivity index (χ0v) is 5.34. The lowest BCUT2D eigenvalue weighted by Crippen LogP contribution is -2.09. The number of allylic oxidation sites excluding steroid dienone is 1. The van der Waals surface area contributed by atoms with Crippen LogP contribution in [0.5, 0.6) is 0 Å². The molecule has 9 heavy (non-hydrogen) atoms. The molecule has 1 amide bonds. The van der Waals surface area contributed by atoms with Crippen LogP contribution in [0.25, 0.3) is 0 Å². The molecule has 1 fully saturated rings. The molecule has 0 aromatic rings. The van der Waals surface area contributed by atoms with Gasteiger partial charge in [-0.25, -0.2) is 0 Å². The van der Waals surface area contributed by atoms with Crippen molar-refractivity contribution in [2.24, 2.45) is 5.92 Å². The quantitative estimate of drug-likeness (QED) is 0.334. The Kier molecular flexibility index (Phi) is 2.31. The number of hydrogen-bond acceptors (Lipinski definition) is 1. The molecule has 0 unspecified atom stereocenters. The Morgan fingerprint density at radius 1 is 1.56 bits per heavy atom. The van der Waals surface area contributed by atoms with Gasteiger partial charge >= 0.3 is 0 Å². The van der Waals surface area contributed by atoms with E-state index in [0.717, 1.165) is 12.3 Å². The minimum Gasteiger partial charge on any atom is -0.355 e. The minimum absolute atomic E-state index is 0.681. The van der Waals surface area contributed by atoms with E-state index in [2.05, 4.69) is 11.4 Å². The SMILES string of the molecule is O=CNC/C=C/C1CC1. The van der Waals surface area contributed by atoms with Gasteiger partial charge in [0.1, 0.15) is 0 Å². The Bertz CT molecular complexity index is 116. The lowest BCUT2D eigenvalue weighted by atomic mass is 10.4. The summed E-state index contributed by atoms with van der Waals surface area (Å²) in [7, 11) is 0. The highest BCUT2D eigenvalue weighted by Gasteiger charge is 2.16. The van der Waals surface area contributed by atoms with E-state index >= 15 is 0 Å². The van der Waals surface area contributed by atoms with Crippen LogP contribution in [0.15, 0.2) is 12.2 Å². The van der Waals surface area contributed by atoms with Gasteiger partial charge in [-0.1, -0.05) is 12.2 Å². The summed E-state index contributed by atoms with van der Waals surface area (Å²) in [6.45, 7) is 0.681. The second kappa shape index (κ2) is 3.28. The van der Waals surface area contributed by atoms with E-state index in [1.807, 2.05) is 6.08 Å². The van der Waals surface area contributed by atoms with Gasteiger partial charge in [-0.2, -0.15) is 0 Å². The molecule has 50 valence electrons. The fraction of sp³-hybridized carbons (Fsp3) is 0.571. The van der Waals surface area contributed by atoms with Crippen LogP contribution < -0.4 is 5.32 Å². The van der Waals surface area contributed by atoms with Crippen molar-refractivity contribution in [1.82, 2.24) is 5.32 Å². The van der Waals surface area contributed by atoms with Crippen molar-refractivity contribution in [2.45, 2.75) is 12.8 Å². The second-order valence-corrected chi connectivity index (χ2v) is 2.29. The molecule has 0 aliphatic heterocycles. The summed E-state index contributed by atoms with van der Waals surface area (Å²) < 4.78 is 0. The molecule has 2 heteroatoms. The molecule has 1 saturated carbocycles. The Balaban J connectivity index is 1.95. The first-order chi connectivity index (χ1) is 4.43. The molecule has 0 bridgehead atoms. The van der Waals surface area contributed by atoms with Crippen LogP contribution in [0.4, 0.5) is 0 Å². The van der Waals surface area contributed by atoms with Crippen LogP contribution in [0, 0.1) is 5.92 Å². The van der Waals surface area contributed by atoms with Crippen LogP contribution >= 0.6 is 0 Å². The fourth-order valence-electron chi connectivity index (χ4n) is 0.665. The fourth-order valence-corrected chi connectivity index (χ4v) is 0.665. The number of carbonyl (C=O) groups excluding carboxylic acids is 1. The van der Waals surface area contributed by atoms with Gasteiger partial charge in [0.15, 0.2) is 0 Å². The summed E-state index contributed by atoms with van der Waals surface area (Å²) in [6.07, 6.45) is 7.55. The maximum absolute atomic E-state index is 9.72.